The highest BCUT2D eigenvalue weighted by atomic mass is 19.4. The fourth-order valence-electron chi connectivity index (χ4n) is 1.54. The molecule has 0 bridgehead atoms. The number of aromatic nitrogens is 3. The van der Waals surface area contributed by atoms with Gasteiger partial charge in [0.25, 0.3) is 0 Å². The average Bonchev–Trinajstić information content (AvgIpc) is 2.80. The molecule has 0 amide bonds. The van der Waals surface area contributed by atoms with E-state index in [1.165, 1.54) is 18.5 Å². The molecule has 1 N–H and O–H groups in total. The fourth-order valence-corrected chi connectivity index (χ4v) is 1.54. The molecule has 1 unspecified atom stereocenters. The second-order valence-corrected chi connectivity index (χ2v) is 3.71. The Labute approximate surface area is 95.7 Å². The van der Waals surface area contributed by atoms with Crippen LogP contribution in [0.5, 0.6) is 0 Å². The van der Waals surface area contributed by atoms with Gasteiger partial charge in [0.05, 0.1) is 5.56 Å². The summed E-state index contributed by atoms with van der Waals surface area (Å²) in [5.41, 5.74) is 0.112. The second kappa shape index (κ2) is 4.20. The highest BCUT2D eigenvalue weighted by Gasteiger charge is 2.30. The van der Waals surface area contributed by atoms with Crippen molar-refractivity contribution >= 4 is 0 Å². The van der Waals surface area contributed by atoms with Crippen LogP contribution >= 0.6 is 0 Å². The molecule has 6 heteroatoms. The van der Waals surface area contributed by atoms with Crippen molar-refractivity contribution in [1.29, 1.82) is 0 Å². The Bertz CT molecular complexity index is 474. The van der Waals surface area contributed by atoms with Crippen LogP contribution in [0.15, 0.2) is 30.6 Å². The van der Waals surface area contributed by atoms with Crippen molar-refractivity contribution < 1.29 is 13.2 Å². The summed E-state index contributed by atoms with van der Waals surface area (Å²) in [6, 6.07) is 5.05. The molecule has 0 saturated heterocycles. The van der Waals surface area contributed by atoms with E-state index in [9.17, 15) is 13.2 Å². The lowest BCUT2D eigenvalue weighted by Gasteiger charge is -2.11. The molecule has 1 heterocycles. The van der Waals surface area contributed by atoms with E-state index in [1.54, 1.807) is 0 Å². The molecule has 0 radical (unpaired) electrons. The summed E-state index contributed by atoms with van der Waals surface area (Å²) in [7, 11) is 0. The van der Waals surface area contributed by atoms with Crippen molar-refractivity contribution in [1.82, 2.24) is 15.2 Å². The predicted molar refractivity (Wildman–Crippen MR) is 55.3 cm³/mol. The topological polar surface area (TPSA) is 41.6 Å². The monoisotopic (exact) mass is 241 g/mol. The molecule has 0 fully saturated rings. The van der Waals surface area contributed by atoms with E-state index in [1.807, 2.05) is 6.92 Å². The van der Waals surface area contributed by atoms with Gasteiger partial charge in [0.2, 0.25) is 0 Å². The van der Waals surface area contributed by atoms with E-state index in [0.717, 1.165) is 17.7 Å². The smallest absolute Gasteiger partial charge is 0.263 e. The Morgan fingerprint density at radius 3 is 2.29 bits per heavy atom. The van der Waals surface area contributed by atoms with Crippen molar-refractivity contribution in [2.75, 3.05) is 0 Å². The minimum atomic E-state index is -4.30. The third-order valence-electron chi connectivity index (χ3n) is 2.58. The van der Waals surface area contributed by atoms with Gasteiger partial charge in [-0.3, -0.25) is 5.10 Å². The van der Waals surface area contributed by atoms with Crippen LogP contribution in [0.2, 0.25) is 0 Å². The zero-order valence-electron chi connectivity index (χ0n) is 8.99. The molecule has 90 valence electrons. The molecule has 0 saturated carbocycles. The molecule has 0 aliphatic heterocycles. The van der Waals surface area contributed by atoms with Gasteiger partial charge in [0, 0.05) is 5.92 Å². The number of nitrogens with zero attached hydrogens (tertiary/aromatic N) is 2. The van der Waals surface area contributed by atoms with E-state index >= 15 is 0 Å². The summed E-state index contributed by atoms with van der Waals surface area (Å²) >= 11 is 0. The van der Waals surface area contributed by atoms with Gasteiger partial charge in [-0.15, -0.1) is 0 Å². The fraction of sp³-hybridized carbons (Fsp3) is 0.273. The van der Waals surface area contributed by atoms with Crippen molar-refractivity contribution in [2.24, 2.45) is 0 Å². The molecule has 1 aromatic heterocycles. The number of halogens is 3. The second-order valence-electron chi connectivity index (χ2n) is 3.71. The maximum Gasteiger partial charge on any atom is 0.416 e. The summed E-state index contributed by atoms with van der Waals surface area (Å²) in [4.78, 5) is 3.97. The molecule has 1 aromatic carbocycles. The Morgan fingerprint density at radius 2 is 1.82 bits per heavy atom. The lowest BCUT2D eigenvalue weighted by molar-refractivity contribution is -0.137. The van der Waals surface area contributed by atoms with Crippen molar-refractivity contribution in [3.05, 3.63) is 47.5 Å². The van der Waals surface area contributed by atoms with E-state index < -0.39 is 11.7 Å². The van der Waals surface area contributed by atoms with E-state index in [2.05, 4.69) is 15.2 Å². The third-order valence-corrected chi connectivity index (χ3v) is 2.58. The van der Waals surface area contributed by atoms with Crippen LogP contribution in [0.3, 0.4) is 0 Å². The van der Waals surface area contributed by atoms with Gasteiger partial charge in [-0.2, -0.15) is 18.3 Å². The average molecular weight is 241 g/mol. The quantitative estimate of drug-likeness (QED) is 0.878. The van der Waals surface area contributed by atoms with E-state index in [0.29, 0.717) is 5.82 Å². The maximum atomic E-state index is 12.4. The lowest BCUT2D eigenvalue weighted by atomic mass is 9.99. The highest BCUT2D eigenvalue weighted by Crippen LogP contribution is 2.30. The number of rotatable bonds is 2. The van der Waals surface area contributed by atoms with Crippen molar-refractivity contribution in [3.63, 3.8) is 0 Å². The van der Waals surface area contributed by atoms with E-state index in [4.69, 9.17) is 0 Å². The van der Waals surface area contributed by atoms with Crippen molar-refractivity contribution in [2.45, 2.75) is 19.0 Å². The Morgan fingerprint density at radius 1 is 1.18 bits per heavy atom. The van der Waals surface area contributed by atoms with Gasteiger partial charge in [-0.25, -0.2) is 4.98 Å². The molecule has 0 aliphatic carbocycles. The highest BCUT2D eigenvalue weighted by molar-refractivity contribution is 5.29. The number of hydrogen-bond acceptors (Lipinski definition) is 2. The lowest BCUT2D eigenvalue weighted by Crippen LogP contribution is -2.05. The number of benzene rings is 1. The van der Waals surface area contributed by atoms with Gasteiger partial charge < -0.3 is 0 Å². The third kappa shape index (κ3) is 2.46. The minimum absolute atomic E-state index is 0.111. The number of nitrogens with one attached hydrogen (secondary N) is 1. The summed E-state index contributed by atoms with van der Waals surface area (Å²) in [6.45, 7) is 1.85. The van der Waals surface area contributed by atoms with Crippen LogP contribution in [0, 0.1) is 0 Å². The standard InChI is InChI=1S/C11H10F3N3/c1-7(10-15-6-16-17-10)8-2-4-9(5-3-8)11(12,13)14/h2-7H,1H3,(H,15,16,17). The van der Waals surface area contributed by atoms with Crippen LogP contribution in [-0.2, 0) is 6.18 Å². The molecule has 0 aliphatic rings. The molecule has 2 aromatic rings. The van der Waals surface area contributed by atoms with Crippen LogP contribution in [0.25, 0.3) is 0 Å². The number of alkyl halides is 3. The molecule has 3 nitrogen and oxygen atoms in total. The normalized spacial score (nSPS) is 13.6. The number of aromatic amines is 1. The summed E-state index contributed by atoms with van der Waals surface area (Å²) < 4.78 is 37.1. The van der Waals surface area contributed by atoms with Gasteiger partial charge in [-0.05, 0) is 17.7 Å². The first-order chi connectivity index (χ1) is 7.98. The SMILES string of the molecule is CC(c1ccc(C(F)(F)F)cc1)c1ncn[nH]1. The summed E-state index contributed by atoms with van der Waals surface area (Å²) in [5.74, 6) is 0.518. The van der Waals surface area contributed by atoms with E-state index in [-0.39, 0.29) is 5.92 Å². The number of H-pyrrole nitrogens is 1. The summed E-state index contributed by atoms with van der Waals surface area (Å²) in [5, 5.41) is 6.41. The molecule has 2 rings (SSSR count). The predicted octanol–water partition coefficient (Wildman–Crippen LogP) is 2.98. The van der Waals surface area contributed by atoms with Crippen LogP contribution in [0.4, 0.5) is 13.2 Å². The number of hydrogen-bond donors (Lipinski definition) is 1. The van der Waals surface area contributed by atoms with Gasteiger partial charge in [-0.1, -0.05) is 19.1 Å². The molecule has 17 heavy (non-hydrogen) atoms. The van der Waals surface area contributed by atoms with Gasteiger partial charge >= 0.3 is 6.18 Å². The van der Waals surface area contributed by atoms with Gasteiger partial charge in [0.1, 0.15) is 12.2 Å². The largest absolute Gasteiger partial charge is 0.416 e. The van der Waals surface area contributed by atoms with Crippen LogP contribution in [-0.4, -0.2) is 15.2 Å². The molecular weight excluding hydrogens is 231 g/mol. The zero-order valence-corrected chi connectivity index (χ0v) is 8.99. The maximum absolute atomic E-state index is 12.4. The Kier molecular flexibility index (Phi) is 2.87. The molecule has 0 spiro atoms. The minimum Gasteiger partial charge on any atom is -0.263 e. The first-order valence-corrected chi connectivity index (χ1v) is 5.01. The first kappa shape index (κ1) is 11.6. The molecular formula is C11H10F3N3. The van der Waals surface area contributed by atoms with Crippen LogP contribution in [0.1, 0.15) is 29.8 Å². The van der Waals surface area contributed by atoms with Crippen molar-refractivity contribution in [3.8, 4) is 0 Å². The Hall–Kier alpha value is -1.85. The summed E-state index contributed by atoms with van der Waals surface area (Å²) in [6.07, 6.45) is -2.93. The first-order valence-electron chi connectivity index (χ1n) is 5.01. The van der Waals surface area contributed by atoms with Crippen LogP contribution < -0.4 is 0 Å². The van der Waals surface area contributed by atoms with Gasteiger partial charge in [0.15, 0.2) is 0 Å². The molecule has 1 atom stereocenters. The Balaban J connectivity index is 2.24. The zero-order chi connectivity index (χ0) is 12.5.